The zero-order chi connectivity index (χ0) is 26.7. The van der Waals surface area contributed by atoms with Crippen molar-refractivity contribution in [2.45, 2.75) is 44.4 Å². The molecule has 0 aliphatic carbocycles. The van der Waals surface area contributed by atoms with Crippen molar-refractivity contribution in [3.05, 3.63) is 43.0 Å². The van der Waals surface area contributed by atoms with Crippen molar-refractivity contribution in [3.8, 4) is 5.75 Å². The lowest BCUT2D eigenvalue weighted by molar-refractivity contribution is -0.658. The van der Waals surface area contributed by atoms with Gasteiger partial charge in [-0.1, -0.05) is 23.2 Å². The lowest BCUT2D eigenvalue weighted by atomic mass is 10.1. The molecule has 37 heavy (non-hydrogen) atoms. The third kappa shape index (κ3) is 5.74. The van der Waals surface area contributed by atoms with Crippen LogP contribution < -0.4 is 19.9 Å². The van der Waals surface area contributed by atoms with Crippen LogP contribution in [0.4, 0.5) is 5.82 Å². The summed E-state index contributed by atoms with van der Waals surface area (Å²) < 4.78 is 38.6. The quantitative estimate of drug-likeness (QED) is 0.157. The van der Waals surface area contributed by atoms with Crippen molar-refractivity contribution >= 4 is 30.7 Å². The Kier molecular flexibility index (Phi) is 8.07. The standard InChI is InChI=1S/C22H29N6O8P/c1-4-33-22(31)13(2)26-37(32,36-14-8-6-5-7-9-14)34-10-15-17(29)18(30)21(35-15)28-12-24-16-19(23)27(3)11-25-20(16)28/h5-9,11-13,15,17-18,21,23,29-30H,4,10H2,1-3H3,(H,26,32)/p+1/t13?,15-,17+,18?,21-,37?/m1/s1. The first kappa shape index (κ1) is 26.9. The predicted molar refractivity (Wildman–Crippen MR) is 129 cm³/mol. The van der Waals surface area contributed by atoms with Gasteiger partial charge in [-0.25, -0.2) is 14.1 Å². The summed E-state index contributed by atoms with van der Waals surface area (Å²) >= 11 is 0. The third-order valence-corrected chi connectivity index (χ3v) is 7.37. The first-order valence-corrected chi connectivity index (χ1v) is 13.1. The number of ether oxygens (including phenoxy) is 2. The Morgan fingerprint density at radius 1 is 1.30 bits per heavy atom. The molecule has 1 fully saturated rings. The molecule has 0 spiro atoms. The first-order valence-electron chi connectivity index (χ1n) is 11.6. The number of anilines is 1. The van der Waals surface area contributed by atoms with Gasteiger partial charge in [-0.05, 0) is 26.0 Å². The summed E-state index contributed by atoms with van der Waals surface area (Å²) in [6.45, 7) is 2.79. The summed E-state index contributed by atoms with van der Waals surface area (Å²) in [5, 5.41) is 23.9. The number of benzene rings is 1. The molecule has 0 saturated carbocycles. The van der Waals surface area contributed by atoms with Gasteiger partial charge in [-0.3, -0.25) is 13.9 Å². The molecule has 14 nitrogen and oxygen atoms in total. The van der Waals surface area contributed by atoms with Crippen molar-refractivity contribution in [1.82, 2.24) is 19.6 Å². The molecule has 0 bridgehead atoms. The van der Waals surface area contributed by atoms with Crippen LogP contribution in [0.25, 0.3) is 11.2 Å². The van der Waals surface area contributed by atoms with Gasteiger partial charge >= 0.3 is 13.7 Å². The van der Waals surface area contributed by atoms with Gasteiger partial charge in [-0.15, -0.1) is 0 Å². The average Bonchev–Trinajstić information content (AvgIpc) is 3.42. The minimum Gasteiger partial charge on any atom is -0.465 e. The fourth-order valence-corrected chi connectivity index (χ4v) is 5.26. The van der Waals surface area contributed by atoms with Gasteiger partial charge in [0.15, 0.2) is 11.7 Å². The molecule has 1 saturated heterocycles. The summed E-state index contributed by atoms with van der Waals surface area (Å²) in [5.41, 5.74) is 6.79. The summed E-state index contributed by atoms with van der Waals surface area (Å²) in [5.74, 6) is -0.0675. The van der Waals surface area contributed by atoms with E-state index in [2.05, 4.69) is 15.1 Å². The topological polar surface area (TPSA) is 184 Å². The Morgan fingerprint density at radius 3 is 2.73 bits per heavy atom. The number of nitrogens with two attached hydrogens (primary N) is 1. The van der Waals surface area contributed by atoms with E-state index >= 15 is 0 Å². The van der Waals surface area contributed by atoms with Crippen LogP contribution in [0.15, 0.2) is 43.0 Å². The number of esters is 1. The average molecular weight is 537 g/mol. The van der Waals surface area contributed by atoms with Crippen molar-refractivity contribution in [2.24, 2.45) is 7.05 Å². The van der Waals surface area contributed by atoms with Gasteiger partial charge in [-0.2, -0.15) is 5.09 Å². The van der Waals surface area contributed by atoms with Gasteiger partial charge < -0.3 is 29.9 Å². The maximum absolute atomic E-state index is 13.6. The molecule has 0 radical (unpaired) electrons. The Labute approximate surface area is 212 Å². The second kappa shape index (κ2) is 11.1. The minimum absolute atomic E-state index is 0.138. The number of nitrogen functional groups attached to an aromatic ring is 1. The highest BCUT2D eigenvalue weighted by atomic mass is 31.2. The van der Waals surface area contributed by atoms with Crippen LogP contribution in [0.1, 0.15) is 20.1 Å². The lowest BCUT2D eigenvalue weighted by Gasteiger charge is -2.24. The number of hydrogen-bond donors (Lipinski definition) is 4. The predicted octanol–water partition coefficient (Wildman–Crippen LogP) is 0.202. The largest absolute Gasteiger partial charge is 0.465 e. The van der Waals surface area contributed by atoms with Crippen LogP contribution in [-0.2, 0) is 30.4 Å². The molecular weight excluding hydrogens is 507 g/mol. The molecule has 200 valence electrons. The molecule has 3 unspecified atom stereocenters. The van der Waals surface area contributed by atoms with Crippen LogP contribution in [-0.4, -0.2) is 68.3 Å². The van der Waals surface area contributed by atoms with Crippen LogP contribution in [0, 0.1) is 0 Å². The van der Waals surface area contributed by atoms with Gasteiger partial charge in [0, 0.05) is 0 Å². The zero-order valence-electron chi connectivity index (χ0n) is 20.5. The van der Waals surface area contributed by atoms with E-state index in [0.29, 0.717) is 17.0 Å². The monoisotopic (exact) mass is 537 g/mol. The van der Waals surface area contributed by atoms with Crippen molar-refractivity contribution in [1.29, 1.82) is 0 Å². The number of rotatable bonds is 10. The molecular formula is C22H30N6O8P+. The Hall–Kier alpha value is -3.13. The van der Waals surface area contributed by atoms with Crippen LogP contribution in [0.5, 0.6) is 5.75 Å². The smallest absolute Gasteiger partial charge is 0.459 e. The fourth-order valence-electron chi connectivity index (χ4n) is 3.76. The maximum Gasteiger partial charge on any atom is 0.459 e. The number of nitrogens with one attached hydrogen (secondary N) is 1. The molecule has 1 aliphatic rings. The number of imidazole rings is 1. The number of carbonyl (C=O) groups is 1. The fraction of sp³-hybridized carbons (Fsp3) is 0.455. The summed E-state index contributed by atoms with van der Waals surface area (Å²) in [7, 11) is -2.47. The number of carbonyl (C=O) groups excluding carboxylic acids is 1. The highest BCUT2D eigenvalue weighted by Crippen LogP contribution is 2.46. The van der Waals surface area contributed by atoms with E-state index in [9.17, 15) is 19.6 Å². The summed E-state index contributed by atoms with van der Waals surface area (Å²) in [6.07, 6.45) is -2.10. The highest BCUT2D eigenvalue weighted by Gasteiger charge is 2.46. The molecule has 1 aliphatic heterocycles. The molecule has 5 N–H and O–H groups in total. The number of aliphatic hydroxyl groups excluding tert-OH is 2. The van der Waals surface area contributed by atoms with E-state index in [4.69, 9.17) is 24.3 Å². The maximum atomic E-state index is 13.6. The molecule has 1 aromatic carbocycles. The number of fused-ring (bicyclic) bond motifs is 1. The van der Waals surface area contributed by atoms with E-state index in [0.717, 1.165) is 0 Å². The number of aromatic nitrogens is 4. The summed E-state index contributed by atoms with van der Waals surface area (Å²) in [4.78, 5) is 20.6. The van der Waals surface area contributed by atoms with Gasteiger partial charge in [0.2, 0.25) is 12.0 Å². The normalized spacial score (nSPS) is 24.0. The SMILES string of the molecule is CCOC(=O)C(C)NP(=O)(OC[C@H]1O[C@@H](n2cnc3c(N)[n+](C)cnc32)C(O)[C@H]1O)Oc1ccccc1. The Morgan fingerprint density at radius 2 is 2.03 bits per heavy atom. The highest BCUT2D eigenvalue weighted by molar-refractivity contribution is 7.52. The zero-order valence-corrected chi connectivity index (χ0v) is 21.4. The molecule has 15 heteroatoms. The Balaban J connectivity index is 1.51. The second-order valence-electron chi connectivity index (χ2n) is 8.41. The number of para-hydroxylation sites is 1. The Bertz CT molecular complexity index is 1290. The number of aliphatic hydroxyl groups is 2. The second-order valence-corrected chi connectivity index (χ2v) is 10.1. The third-order valence-electron chi connectivity index (χ3n) is 5.72. The van der Waals surface area contributed by atoms with E-state index in [1.807, 2.05) is 0 Å². The van der Waals surface area contributed by atoms with Crippen LogP contribution >= 0.6 is 7.75 Å². The van der Waals surface area contributed by atoms with E-state index in [-0.39, 0.29) is 12.4 Å². The first-order chi connectivity index (χ1) is 17.6. The van der Waals surface area contributed by atoms with E-state index in [1.54, 1.807) is 48.9 Å². The lowest BCUT2D eigenvalue weighted by Crippen LogP contribution is -2.37. The van der Waals surface area contributed by atoms with Gasteiger partial charge in [0.25, 0.3) is 5.82 Å². The summed E-state index contributed by atoms with van der Waals surface area (Å²) in [6, 6.07) is 7.20. The molecule has 4 rings (SSSR count). The van der Waals surface area contributed by atoms with Gasteiger partial charge in [0.1, 0.15) is 36.4 Å². The molecule has 0 amide bonds. The van der Waals surface area contributed by atoms with Crippen molar-refractivity contribution in [2.75, 3.05) is 18.9 Å². The molecule has 3 heterocycles. The van der Waals surface area contributed by atoms with Crippen molar-refractivity contribution < 1.29 is 42.7 Å². The molecule has 2 aromatic heterocycles. The molecule has 6 atom stereocenters. The van der Waals surface area contributed by atoms with E-state index < -0.39 is 50.9 Å². The van der Waals surface area contributed by atoms with E-state index in [1.165, 1.54) is 24.1 Å². The van der Waals surface area contributed by atoms with Crippen LogP contribution in [0.2, 0.25) is 0 Å². The minimum atomic E-state index is -4.18. The number of aryl methyl sites for hydroxylation is 1. The van der Waals surface area contributed by atoms with Gasteiger partial charge in [0.05, 0.1) is 20.3 Å². The van der Waals surface area contributed by atoms with Crippen LogP contribution in [0.3, 0.4) is 0 Å². The number of hydrogen-bond acceptors (Lipinski definition) is 11. The molecule has 3 aromatic rings. The number of nitrogens with zero attached hydrogens (tertiary/aromatic N) is 4. The van der Waals surface area contributed by atoms with Crippen molar-refractivity contribution in [3.63, 3.8) is 0 Å².